The van der Waals surface area contributed by atoms with Crippen molar-refractivity contribution in [2.75, 3.05) is 39.9 Å². The largest absolute Gasteiger partial charge is 0.497 e. The molecule has 0 bridgehead atoms. The maximum Gasteiger partial charge on any atom is 0.490 e. The number of likely N-dealkylation sites (tertiary alicyclic amines) is 1. The number of ether oxygens (including phenoxy) is 2. The van der Waals surface area contributed by atoms with Crippen molar-refractivity contribution in [2.24, 2.45) is 0 Å². The molecule has 1 aliphatic heterocycles. The Hall–Kier alpha value is -3.02. The van der Waals surface area contributed by atoms with Gasteiger partial charge in [0.15, 0.2) is 0 Å². The quantitative estimate of drug-likeness (QED) is 0.531. The number of alkyl halides is 3. The Morgan fingerprint density at radius 3 is 2.16 bits per heavy atom. The van der Waals surface area contributed by atoms with Crippen molar-refractivity contribution in [3.63, 3.8) is 0 Å². The van der Waals surface area contributed by atoms with Gasteiger partial charge in [0.2, 0.25) is 0 Å². The van der Waals surface area contributed by atoms with E-state index >= 15 is 0 Å². The lowest BCUT2D eigenvalue weighted by molar-refractivity contribution is -0.192. The number of hydrogen-bond donors (Lipinski definition) is 3. The zero-order chi connectivity index (χ0) is 24.1. The third-order valence-electron chi connectivity index (χ3n) is 4.46. The van der Waals surface area contributed by atoms with Gasteiger partial charge in [-0.25, -0.2) is 9.59 Å². The van der Waals surface area contributed by atoms with Gasteiger partial charge in [0.1, 0.15) is 5.75 Å². The van der Waals surface area contributed by atoms with Crippen LogP contribution in [0.25, 0.3) is 0 Å². The zero-order valence-corrected chi connectivity index (χ0v) is 17.9. The number of carbonyl (C=O) groups is 3. The molecule has 2 amide bonds. The first-order valence-corrected chi connectivity index (χ1v) is 9.95. The monoisotopic (exact) mass is 463 g/mol. The number of carboxylic acid groups (broad SMARTS) is 1. The molecule has 2 rings (SSSR count). The number of nitrogens with zero attached hydrogens (tertiary/aromatic N) is 1. The summed E-state index contributed by atoms with van der Waals surface area (Å²) in [6.45, 7) is 4.88. The van der Waals surface area contributed by atoms with Crippen LogP contribution in [0.1, 0.15) is 30.1 Å². The van der Waals surface area contributed by atoms with Crippen LogP contribution >= 0.6 is 0 Å². The van der Waals surface area contributed by atoms with Crippen LogP contribution in [0.2, 0.25) is 0 Å². The molecule has 32 heavy (non-hydrogen) atoms. The van der Waals surface area contributed by atoms with Crippen LogP contribution in [0.5, 0.6) is 5.75 Å². The predicted molar refractivity (Wildman–Crippen MR) is 109 cm³/mol. The second-order valence-corrected chi connectivity index (χ2v) is 6.70. The van der Waals surface area contributed by atoms with Crippen molar-refractivity contribution in [3.8, 4) is 5.75 Å². The van der Waals surface area contributed by atoms with Crippen molar-refractivity contribution in [1.82, 2.24) is 15.5 Å². The minimum absolute atomic E-state index is 0.0958. The molecular weight excluding hydrogens is 435 g/mol. The molecule has 9 nitrogen and oxygen atoms in total. The smallest absolute Gasteiger partial charge is 0.490 e. The highest BCUT2D eigenvalue weighted by molar-refractivity contribution is 5.94. The lowest BCUT2D eigenvalue weighted by Crippen LogP contribution is -2.46. The van der Waals surface area contributed by atoms with Gasteiger partial charge in [0, 0.05) is 37.8 Å². The molecular formula is C20H28F3N3O6. The molecule has 1 aromatic carbocycles. The van der Waals surface area contributed by atoms with Gasteiger partial charge in [-0.3, -0.25) is 4.79 Å². The third kappa shape index (κ3) is 9.86. The van der Waals surface area contributed by atoms with Gasteiger partial charge < -0.3 is 30.1 Å². The molecule has 0 atom stereocenters. The Bertz CT molecular complexity index is 735. The summed E-state index contributed by atoms with van der Waals surface area (Å²) < 4.78 is 41.8. The van der Waals surface area contributed by atoms with Crippen LogP contribution in [0, 0.1) is 0 Å². The molecule has 3 N–H and O–H groups in total. The van der Waals surface area contributed by atoms with Crippen LogP contribution in [-0.2, 0) is 9.53 Å². The highest BCUT2D eigenvalue weighted by Crippen LogP contribution is 2.13. The van der Waals surface area contributed by atoms with Crippen molar-refractivity contribution in [3.05, 3.63) is 29.8 Å². The first-order valence-electron chi connectivity index (χ1n) is 9.95. The molecule has 1 saturated heterocycles. The Morgan fingerprint density at radius 2 is 1.69 bits per heavy atom. The topological polar surface area (TPSA) is 117 Å². The number of amides is 2. The van der Waals surface area contributed by atoms with Gasteiger partial charge >= 0.3 is 18.2 Å². The van der Waals surface area contributed by atoms with E-state index in [1.54, 1.807) is 36.3 Å². The van der Waals surface area contributed by atoms with Crippen molar-refractivity contribution >= 4 is 18.0 Å². The molecule has 0 unspecified atom stereocenters. The Labute approximate surface area is 183 Å². The van der Waals surface area contributed by atoms with Crippen molar-refractivity contribution < 1.29 is 42.1 Å². The van der Waals surface area contributed by atoms with Crippen LogP contribution in [0.3, 0.4) is 0 Å². The average Bonchev–Trinajstić information content (AvgIpc) is 2.77. The Kier molecular flexibility index (Phi) is 11.3. The van der Waals surface area contributed by atoms with Crippen LogP contribution < -0.4 is 15.4 Å². The molecule has 180 valence electrons. The number of carbonyl (C=O) groups excluding carboxylic acids is 2. The Balaban J connectivity index is 0.000000633. The number of aliphatic carboxylic acids is 1. The van der Waals surface area contributed by atoms with Gasteiger partial charge in [0.05, 0.1) is 13.7 Å². The molecule has 1 fully saturated rings. The first-order chi connectivity index (χ1) is 15.1. The van der Waals surface area contributed by atoms with Crippen LogP contribution in [-0.4, -0.2) is 80.1 Å². The molecule has 0 aromatic heterocycles. The van der Waals surface area contributed by atoms with Gasteiger partial charge in [0.25, 0.3) is 5.91 Å². The summed E-state index contributed by atoms with van der Waals surface area (Å²) in [7, 11) is 1.60. The van der Waals surface area contributed by atoms with E-state index in [-0.39, 0.29) is 12.0 Å². The summed E-state index contributed by atoms with van der Waals surface area (Å²) in [6, 6.07) is 7.39. The molecule has 0 aliphatic carbocycles. The molecule has 1 aromatic rings. The van der Waals surface area contributed by atoms with E-state index < -0.39 is 12.1 Å². The molecule has 0 spiro atoms. The average molecular weight is 463 g/mol. The maximum atomic E-state index is 12.0. The predicted octanol–water partition coefficient (Wildman–Crippen LogP) is 2.27. The standard InChI is InChI=1S/C18H27N3O4.C2HF3O2/c1-3-25-18(23)21-12-8-15(9-13-21)19-10-11-20-17(22)14-4-6-16(24-2)7-5-14;3-2(4,5)1(6)7/h4-7,15,19H,3,8-13H2,1-2H3,(H,20,22);(H,6,7). The minimum atomic E-state index is -5.08. The number of halogens is 3. The van der Waals surface area contributed by atoms with E-state index in [1.807, 2.05) is 6.92 Å². The van der Waals surface area contributed by atoms with Gasteiger partial charge in [-0.2, -0.15) is 13.2 Å². The van der Waals surface area contributed by atoms with Crippen molar-refractivity contribution in [1.29, 1.82) is 0 Å². The number of benzene rings is 1. The summed E-state index contributed by atoms with van der Waals surface area (Å²) >= 11 is 0. The number of nitrogens with one attached hydrogen (secondary N) is 2. The molecule has 0 radical (unpaired) electrons. The zero-order valence-electron chi connectivity index (χ0n) is 17.9. The van der Waals surface area contributed by atoms with E-state index in [2.05, 4.69) is 10.6 Å². The van der Waals surface area contributed by atoms with Crippen molar-refractivity contribution in [2.45, 2.75) is 32.0 Å². The van der Waals surface area contributed by atoms with E-state index in [0.29, 0.717) is 44.4 Å². The SMILES string of the molecule is CCOC(=O)N1CCC(NCCNC(=O)c2ccc(OC)cc2)CC1.O=C(O)C(F)(F)F. The highest BCUT2D eigenvalue weighted by atomic mass is 19.4. The lowest BCUT2D eigenvalue weighted by Gasteiger charge is -2.31. The first kappa shape index (κ1) is 27.0. The van der Waals surface area contributed by atoms with Gasteiger partial charge in [-0.15, -0.1) is 0 Å². The fourth-order valence-corrected chi connectivity index (χ4v) is 2.78. The Morgan fingerprint density at radius 1 is 1.12 bits per heavy atom. The minimum Gasteiger partial charge on any atom is -0.497 e. The number of carboxylic acids is 1. The van der Waals surface area contributed by atoms with E-state index in [1.165, 1.54) is 0 Å². The number of piperidine rings is 1. The number of methoxy groups -OCH3 is 1. The molecule has 0 saturated carbocycles. The summed E-state index contributed by atoms with van der Waals surface area (Å²) in [5.41, 5.74) is 0.614. The van der Waals surface area contributed by atoms with E-state index in [0.717, 1.165) is 18.6 Å². The summed E-state index contributed by atoms with van der Waals surface area (Å²) in [6.07, 6.45) is -3.52. The van der Waals surface area contributed by atoms with E-state index in [9.17, 15) is 22.8 Å². The second kappa shape index (κ2) is 13.4. The second-order valence-electron chi connectivity index (χ2n) is 6.70. The molecule has 1 aliphatic rings. The van der Waals surface area contributed by atoms with Gasteiger partial charge in [-0.05, 0) is 44.0 Å². The highest BCUT2D eigenvalue weighted by Gasteiger charge is 2.38. The maximum absolute atomic E-state index is 12.0. The summed E-state index contributed by atoms with van der Waals surface area (Å²) in [5.74, 6) is -2.12. The fraction of sp³-hybridized carbons (Fsp3) is 0.550. The third-order valence-corrected chi connectivity index (χ3v) is 4.46. The van der Waals surface area contributed by atoms with E-state index in [4.69, 9.17) is 19.4 Å². The molecule has 12 heteroatoms. The summed E-state index contributed by atoms with van der Waals surface area (Å²) in [4.78, 5) is 34.3. The normalized spacial score (nSPS) is 14.1. The fourth-order valence-electron chi connectivity index (χ4n) is 2.78. The van der Waals surface area contributed by atoms with Crippen LogP contribution in [0.15, 0.2) is 24.3 Å². The van der Waals surface area contributed by atoms with Crippen LogP contribution in [0.4, 0.5) is 18.0 Å². The van der Waals surface area contributed by atoms with Gasteiger partial charge in [-0.1, -0.05) is 0 Å². The molecule has 1 heterocycles. The lowest BCUT2D eigenvalue weighted by atomic mass is 10.1. The number of hydrogen-bond acceptors (Lipinski definition) is 6. The number of rotatable bonds is 7. The summed E-state index contributed by atoms with van der Waals surface area (Å²) in [5, 5.41) is 13.4.